The maximum Gasteiger partial charge on any atom is 0.251 e. The molecule has 5 heteroatoms. The highest BCUT2D eigenvalue weighted by Crippen LogP contribution is 2.31. The van der Waals surface area contributed by atoms with Crippen LogP contribution in [0.5, 0.6) is 0 Å². The predicted molar refractivity (Wildman–Crippen MR) is 78.2 cm³/mol. The van der Waals surface area contributed by atoms with Gasteiger partial charge >= 0.3 is 0 Å². The van der Waals surface area contributed by atoms with Gasteiger partial charge in [0.1, 0.15) is 0 Å². The maximum absolute atomic E-state index is 12.4. The van der Waals surface area contributed by atoms with Gasteiger partial charge in [-0.3, -0.25) is 4.79 Å². The molecule has 2 aromatic rings. The molecule has 1 aliphatic carbocycles. The highest BCUT2D eigenvalue weighted by atomic mass is 35.5. The molecule has 0 radical (unpaired) electrons. The van der Waals surface area contributed by atoms with Crippen LogP contribution < -0.4 is 10.6 Å². The van der Waals surface area contributed by atoms with Crippen molar-refractivity contribution in [2.75, 3.05) is 6.54 Å². The van der Waals surface area contributed by atoms with Crippen LogP contribution in [0.4, 0.5) is 0 Å². The Kier molecular flexibility index (Phi) is 2.75. The third kappa shape index (κ3) is 1.91. The second-order valence-electron chi connectivity index (χ2n) is 5.80. The van der Waals surface area contributed by atoms with Gasteiger partial charge in [0.05, 0.1) is 10.5 Å². The fourth-order valence-corrected chi connectivity index (χ4v) is 3.68. The summed E-state index contributed by atoms with van der Waals surface area (Å²) in [6.07, 6.45) is 6.04. The molecule has 1 aliphatic heterocycles. The van der Waals surface area contributed by atoms with Crippen LogP contribution in [-0.4, -0.2) is 28.9 Å². The Morgan fingerprint density at radius 1 is 1.35 bits per heavy atom. The molecule has 2 N–H and O–H groups in total. The van der Waals surface area contributed by atoms with Crippen LogP contribution in [0.1, 0.15) is 23.2 Å². The van der Waals surface area contributed by atoms with Crippen molar-refractivity contribution >= 4 is 23.0 Å². The Morgan fingerprint density at radius 3 is 2.95 bits per heavy atom. The van der Waals surface area contributed by atoms with E-state index in [1.165, 1.54) is 6.42 Å². The number of carbonyl (C=O) groups is 1. The smallest absolute Gasteiger partial charge is 0.251 e. The van der Waals surface area contributed by atoms with E-state index >= 15 is 0 Å². The van der Waals surface area contributed by atoms with Gasteiger partial charge in [-0.15, -0.1) is 0 Å². The number of hydrogen-bond donors (Lipinski definition) is 2. The highest BCUT2D eigenvalue weighted by Gasteiger charge is 2.40. The lowest BCUT2D eigenvalue weighted by Gasteiger charge is -2.24. The first-order valence-electron chi connectivity index (χ1n) is 7.01. The Bertz CT molecular complexity index is 681. The SMILES string of the molecule is O=C(NC1CC2CNC1C2)c1ccn2ccc(Cl)c2c1. The highest BCUT2D eigenvalue weighted by molar-refractivity contribution is 6.34. The molecule has 1 amide bonds. The van der Waals surface area contributed by atoms with Gasteiger partial charge in [0.2, 0.25) is 0 Å². The summed E-state index contributed by atoms with van der Waals surface area (Å²) < 4.78 is 1.91. The normalized spacial score (nSPS) is 28.1. The van der Waals surface area contributed by atoms with Gasteiger partial charge in [-0.25, -0.2) is 0 Å². The number of rotatable bonds is 2. The zero-order chi connectivity index (χ0) is 13.7. The van der Waals surface area contributed by atoms with Crippen molar-refractivity contribution in [1.29, 1.82) is 0 Å². The molecule has 2 fully saturated rings. The van der Waals surface area contributed by atoms with Crippen LogP contribution in [0, 0.1) is 5.92 Å². The number of hydrogen-bond acceptors (Lipinski definition) is 2. The van der Waals surface area contributed by atoms with E-state index in [-0.39, 0.29) is 11.9 Å². The van der Waals surface area contributed by atoms with Gasteiger partial charge in [-0.2, -0.15) is 0 Å². The molecular formula is C15H16ClN3O. The van der Waals surface area contributed by atoms with E-state index in [9.17, 15) is 4.79 Å². The molecule has 4 nitrogen and oxygen atoms in total. The number of carbonyl (C=O) groups excluding carboxylic acids is 1. The minimum Gasteiger partial charge on any atom is -0.348 e. The van der Waals surface area contributed by atoms with Crippen molar-refractivity contribution in [1.82, 2.24) is 15.0 Å². The number of piperidine rings is 1. The van der Waals surface area contributed by atoms with E-state index in [0.29, 0.717) is 16.6 Å². The Hall–Kier alpha value is -1.52. The molecule has 1 saturated heterocycles. The average molecular weight is 290 g/mol. The van der Waals surface area contributed by atoms with E-state index in [0.717, 1.165) is 24.4 Å². The van der Waals surface area contributed by atoms with Crippen LogP contribution >= 0.6 is 11.6 Å². The second kappa shape index (κ2) is 4.50. The number of halogens is 1. The van der Waals surface area contributed by atoms with E-state index < -0.39 is 0 Å². The molecule has 0 aromatic carbocycles. The molecule has 2 bridgehead atoms. The molecular weight excluding hydrogens is 274 g/mol. The summed E-state index contributed by atoms with van der Waals surface area (Å²) in [5, 5.41) is 7.27. The summed E-state index contributed by atoms with van der Waals surface area (Å²) in [7, 11) is 0. The molecule has 20 heavy (non-hydrogen) atoms. The minimum atomic E-state index is -0.0101. The molecule has 3 atom stereocenters. The summed E-state index contributed by atoms with van der Waals surface area (Å²) >= 11 is 6.11. The largest absolute Gasteiger partial charge is 0.348 e. The minimum absolute atomic E-state index is 0.0101. The van der Waals surface area contributed by atoms with Crippen LogP contribution in [0.25, 0.3) is 5.52 Å². The summed E-state index contributed by atoms with van der Waals surface area (Å²) in [6.45, 7) is 1.10. The Morgan fingerprint density at radius 2 is 2.20 bits per heavy atom. The Balaban J connectivity index is 1.56. The maximum atomic E-state index is 12.4. The zero-order valence-corrected chi connectivity index (χ0v) is 11.7. The first kappa shape index (κ1) is 12.2. The van der Waals surface area contributed by atoms with Gasteiger partial charge in [0, 0.05) is 30.0 Å². The molecule has 104 valence electrons. The van der Waals surface area contributed by atoms with Crippen molar-refractivity contribution < 1.29 is 4.79 Å². The number of nitrogens with zero attached hydrogens (tertiary/aromatic N) is 1. The zero-order valence-electron chi connectivity index (χ0n) is 11.0. The van der Waals surface area contributed by atoms with Gasteiger partial charge in [0.25, 0.3) is 5.91 Å². The lowest BCUT2D eigenvalue weighted by molar-refractivity contribution is 0.0928. The summed E-state index contributed by atoms with van der Waals surface area (Å²) in [5.41, 5.74) is 1.53. The van der Waals surface area contributed by atoms with Gasteiger partial charge in [0.15, 0.2) is 0 Å². The summed E-state index contributed by atoms with van der Waals surface area (Å²) in [4.78, 5) is 12.4. The standard InChI is InChI=1S/C15H16ClN3O/c16-11-2-4-19-3-1-10(7-14(11)19)15(20)18-13-6-9-5-12(13)17-8-9/h1-4,7,9,12-13,17H,5-6,8H2,(H,18,20). The molecule has 2 aromatic heterocycles. The molecule has 3 heterocycles. The monoisotopic (exact) mass is 289 g/mol. The van der Waals surface area contributed by atoms with Crippen LogP contribution in [0.15, 0.2) is 30.6 Å². The quantitative estimate of drug-likeness (QED) is 0.889. The number of amides is 1. The van der Waals surface area contributed by atoms with E-state index in [2.05, 4.69) is 10.6 Å². The fraction of sp³-hybridized carbons (Fsp3) is 0.400. The van der Waals surface area contributed by atoms with E-state index in [1.807, 2.05) is 35.0 Å². The third-order valence-electron chi connectivity index (χ3n) is 4.52. The lowest BCUT2D eigenvalue weighted by Crippen LogP contribution is -2.47. The van der Waals surface area contributed by atoms with Crippen molar-refractivity contribution in [3.05, 3.63) is 41.2 Å². The second-order valence-corrected chi connectivity index (χ2v) is 6.21. The number of pyridine rings is 1. The first-order valence-corrected chi connectivity index (χ1v) is 7.39. The van der Waals surface area contributed by atoms with Gasteiger partial charge < -0.3 is 15.0 Å². The van der Waals surface area contributed by atoms with Gasteiger partial charge in [-0.05, 0) is 43.5 Å². The van der Waals surface area contributed by atoms with Crippen LogP contribution in [0.3, 0.4) is 0 Å². The molecule has 0 spiro atoms. The topological polar surface area (TPSA) is 45.5 Å². The van der Waals surface area contributed by atoms with Crippen molar-refractivity contribution in [2.24, 2.45) is 5.92 Å². The van der Waals surface area contributed by atoms with Crippen LogP contribution in [-0.2, 0) is 0 Å². The van der Waals surface area contributed by atoms with E-state index in [4.69, 9.17) is 11.6 Å². The average Bonchev–Trinajstić information content (AvgIpc) is 3.15. The summed E-state index contributed by atoms with van der Waals surface area (Å²) in [5.74, 6) is 0.719. The van der Waals surface area contributed by atoms with E-state index in [1.54, 1.807) is 0 Å². The molecule has 1 saturated carbocycles. The van der Waals surface area contributed by atoms with Gasteiger partial charge in [-0.1, -0.05) is 11.6 Å². The fourth-order valence-electron chi connectivity index (χ4n) is 3.47. The van der Waals surface area contributed by atoms with Crippen molar-refractivity contribution in [2.45, 2.75) is 24.9 Å². The van der Waals surface area contributed by atoms with Crippen LogP contribution in [0.2, 0.25) is 5.02 Å². The predicted octanol–water partition coefficient (Wildman–Crippen LogP) is 2.07. The summed E-state index contributed by atoms with van der Waals surface area (Å²) in [6, 6.07) is 6.22. The Labute approximate surface area is 122 Å². The number of aromatic nitrogens is 1. The van der Waals surface area contributed by atoms with Crippen molar-refractivity contribution in [3.63, 3.8) is 0 Å². The lowest BCUT2D eigenvalue weighted by atomic mass is 10.1. The first-order chi connectivity index (χ1) is 9.70. The number of fused-ring (bicyclic) bond motifs is 3. The van der Waals surface area contributed by atoms with Crippen molar-refractivity contribution in [3.8, 4) is 0 Å². The third-order valence-corrected chi connectivity index (χ3v) is 4.84. The number of nitrogens with one attached hydrogen (secondary N) is 2. The molecule has 2 aliphatic rings. The molecule has 3 unspecified atom stereocenters. The molecule has 4 rings (SSSR count).